The van der Waals surface area contributed by atoms with Crippen LogP contribution in [-0.4, -0.2) is 16.7 Å². The van der Waals surface area contributed by atoms with Crippen LogP contribution in [0, 0.1) is 5.82 Å². The first-order valence-corrected chi connectivity index (χ1v) is 6.09. The zero-order valence-electron chi connectivity index (χ0n) is 10.4. The van der Waals surface area contributed by atoms with Crippen LogP contribution < -0.4 is 5.32 Å². The molecule has 0 atom stereocenters. The maximum absolute atomic E-state index is 13.2. The van der Waals surface area contributed by atoms with Gasteiger partial charge in [-0.25, -0.2) is 9.38 Å². The molecule has 0 aliphatic carbocycles. The Morgan fingerprint density at radius 2 is 2.00 bits per heavy atom. The average molecular weight is 270 g/mol. The molecule has 0 bridgehead atoms. The average Bonchev–Trinajstić information content (AvgIpc) is 2.56. The van der Waals surface area contributed by atoms with Crippen LogP contribution in [0.5, 0.6) is 5.75 Å². The fourth-order valence-electron chi connectivity index (χ4n) is 2.11. The molecule has 1 amide bonds. The number of fused-ring (bicyclic) bond motifs is 1. The van der Waals surface area contributed by atoms with E-state index >= 15 is 0 Å². The van der Waals surface area contributed by atoms with E-state index in [9.17, 15) is 14.3 Å². The first-order chi connectivity index (χ1) is 9.63. The van der Waals surface area contributed by atoms with Gasteiger partial charge in [-0.05, 0) is 30.3 Å². The maximum atomic E-state index is 13.2. The van der Waals surface area contributed by atoms with Gasteiger partial charge in [0.25, 0.3) is 0 Å². The lowest BCUT2D eigenvalue weighted by Crippen LogP contribution is -2.15. The molecule has 0 saturated heterocycles. The molecule has 3 rings (SSSR count). The number of phenols is 1. The number of carbonyl (C=O) groups excluding carboxylic acids is 1. The highest BCUT2D eigenvalue weighted by molar-refractivity contribution is 6.17. The Bertz CT molecular complexity index is 726. The number of nitrogens with zero attached hydrogens (tertiary/aromatic N) is 1. The van der Waals surface area contributed by atoms with Crippen LogP contribution in [0.1, 0.15) is 12.0 Å². The Labute approximate surface area is 114 Å². The number of aromatic hydroxyl groups is 1. The Morgan fingerprint density at radius 3 is 2.80 bits per heavy atom. The van der Waals surface area contributed by atoms with E-state index < -0.39 is 5.82 Å². The standard InChI is InChI=1S/C15H11FN2O2/c16-9-5-6-11-13(7-9)18-15(20)8-12(17-11)10-3-1-2-4-14(10)19/h1-7,19H,8H2,(H,18,20). The van der Waals surface area contributed by atoms with E-state index in [1.807, 2.05) is 0 Å². The van der Waals surface area contributed by atoms with Gasteiger partial charge < -0.3 is 10.4 Å². The zero-order valence-corrected chi connectivity index (χ0v) is 10.4. The van der Waals surface area contributed by atoms with E-state index in [2.05, 4.69) is 10.3 Å². The van der Waals surface area contributed by atoms with E-state index in [-0.39, 0.29) is 18.1 Å². The topological polar surface area (TPSA) is 61.7 Å². The molecule has 0 radical (unpaired) electrons. The van der Waals surface area contributed by atoms with Gasteiger partial charge in [-0.1, -0.05) is 12.1 Å². The number of nitrogens with one attached hydrogen (secondary N) is 1. The van der Waals surface area contributed by atoms with Crippen molar-refractivity contribution in [3.63, 3.8) is 0 Å². The van der Waals surface area contributed by atoms with Gasteiger partial charge >= 0.3 is 0 Å². The number of aliphatic imine (C=N–C) groups is 1. The fraction of sp³-hybridized carbons (Fsp3) is 0.0667. The summed E-state index contributed by atoms with van der Waals surface area (Å²) in [6.07, 6.45) is 0.0217. The smallest absolute Gasteiger partial charge is 0.230 e. The van der Waals surface area contributed by atoms with Crippen LogP contribution in [0.2, 0.25) is 0 Å². The fourth-order valence-corrected chi connectivity index (χ4v) is 2.11. The molecule has 0 fully saturated rings. The van der Waals surface area contributed by atoms with Crippen LogP contribution in [0.25, 0.3) is 0 Å². The van der Waals surface area contributed by atoms with Crippen molar-refractivity contribution >= 4 is 23.0 Å². The molecule has 100 valence electrons. The van der Waals surface area contributed by atoms with Gasteiger partial charge in [-0.2, -0.15) is 0 Å². The summed E-state index contributed by atoms with van der Waals surface area (Å²) in [5.41, 5.74) is 1.75. The van der Waals surface area contributed by atoms with Crippen LogP contribution in [0.3, 0.4) is 0 Å². The van der Waals surface area contributed by atoms with Gasteiger partial charge in [0.05, 0.1) is 23.5 Å². The molecular weight excluding hydrogens is 259 g/mol. The molecule has 0 unspecified atom stereocenters. The van der Waals surface area contributed by atoms with Gasteiger partial charge in [0.15, 0.2) is 0 Å². The first-order valence-electron chi connectivity index (χ1n) is 6.09. The summed E-state index contributed by atoms with van der Waals surface area (Å²) in [6.45, 7) is 0. The van der Waals surface area contributed by atoms with E-state index in [1.54, 1.807) is 18.2 Å². The van der Waals surface area contributed by atoms with E-state index in [0.29, 0.717) is 22.6 Å². The number of hydrogen-bond acceptors (Lipinski definition) is 3. The maximum Gasteiger partial charge on any atom is 0.230 e. The van der Waals surface area contributed by atoms with Gasteiger partial charge in [0, 0.05) is 5.56 Å². The van der Waals surface area contributed by atoms with Gasteiger partial charge in [0.1, 0.15) is 11.6 Å². The molecule has 4 nitrogen and oxygen atoms in total. The summed E-state index contributed by atoms with van der Waals surface area (Å²) < 4.78 is 13.2. The molecule has 1 aliphatic heterocycles. The van der Waals surface area contributed by atoms with Crippen molar-refractivity contribution in [2.24, 2.45) is 4.99 Å². The highest BCUT2D eigenvalue weighted by atomic mass is 19.1. The largest absolute Gasteiger partial charge is 0.507 e. The predicted octanol–water partition coefficient (Wildman–Crippen LogP) is 2.99. The molecule has 1 heterocycles. The second-order valence-electron chi connectivity index (χ2n) is 4.46. The van der Waals surface area contributed by atoms with Crippen LogP contribution >= 0.6 is 0 Å². The zero-order chi connectivity index (χ0) is 14.1. The Morgan fingerprint density at radius 1 is 1.20 bits per heavy atom. The number of para-hydroxylation sites is 1. The van der Waals surface area contributed by atoms with Gasteiger partial charge in [0.2, 0.25) is 5.91 Å². The minimum atomic E-state index is -0.440. The number of halogens is 1. The molecule has 0 saturated carbocycles. The molecule has 1 aliphatic rings. The van der Waals surface area contributed by atoms with Crippen molar-refractivity contribution < 1.29 is 14.3 Å². The van der Waals surface area contributed by atoms with E-state index in [0.717, 1.165) is 0 Å². The van der Waals surface area contributed by atoms with E-state index in [4.69, 9.17) is 0 Å². The highest BCUT2D eigenvalue weighted by Gasteiger charge is 2.19. The summed E-state index contributed by atoms with van der Waals surface area (Å²) in [5, 5.41) is 12.5. The summed E-state index contributed by atoms with van der Waals surface area (Å²) in [7, 11) is 0. The highest BCUT2D eigenvalue weighted by Crippen LogP contribution is 2.31. The number of benzene rings is 2. The predicted molar refractivity (Wildman–Crippen MR) is 74.0 cm³/mol. The lowest BCUT2D eigenvalue weighted by molar-refractivity contribution is -0.115. The van der Waals surface area contributed by atoms with Crippen LogP contribution in [0.4, 0.5) is 15.8 Å². The van der Waals surface area contributed by atoms with Crippen LogP contribution in [-0.2, 0) is 4.79 Å². The second kappa shape index (κ2) is 4.77. The number of amides is 1. The molecule has 2 aromatic carbocycles. The normalized spacial score (nSPS) is 14.1. The molecule has 2 N–H and O–H groups in total. The van der Waals surface area contributed by atoms with Gasteiger partial charge in [-0.15, -0.1) is 0 Å². The lowest BCUT2D eigenvalue weighted by Gasteiger charge is -2.05. The summed E-state index contributed by atoms with van der Waals surface area (Å²) in [5.74, 6) is -0.675. The summed E-state index contributed by atoms with van der Waals surface area (Å²) in [4.78, 5) is 16.2. The number of rotatable bonds is 1. The monoisotopic (exact) mass is 270 g/mol. The van der Waals surface area contributed by atoms with Crippen molar-refractivity contribution in [3.05, 3.63) is 53.8 Å². The second-order valence-corrected chi connectivity index (χ2v) is 4.46. The quantitative estimate of drug-likeness (QED) is 0.836. The number of anilines is 1. The SMILES string of the molecule is O=C1CC(c2ccccc2O)=Nc2ccc(F)cc2N1. The molecule has 20 heavy (non-hydrogen) atoms. The molecule has 0 aromatic heterocycles. The van der Waals surface area contributed by atoms with E-state index in [1.165, 1.54) is 24.3 Å². The van der Waals surface area contributed by atoms with Crippen molar-refractivity contribution in [1.82, 2.24) is 0 Å². The van der Waals surface area contributed by atoms with Crippen molar-refractivity contribution in [2.75, 3.05) is 5.32 Å². The summed E-state index contributed by atoms with van der Waals surface area (Å²) in [6, 6.07) is 10.7. The van der Waals surface area contributed by atoms with Crippen molar-refractivity contribution in [3.8, 4) is 5.75 Å². The van der Waals surface area contributed by atoms with Crippen LogP contribution in [0.15, 0.2) is 47.5 Å². The molecular formula is C15H11FN2O2. The third-order valence-corrected chi connectivity index (χ3v) is 3.03. The third-order valence-electron chi connectivity index (χ3n) is 3.03. The minimum absolute atomic E-state index is 0.0217. The Kier molecular flexibility index (Phi) is 2.95. The molecule has 2 aromatic rings. The van der Waals surface area contributed by atoms with Crippen molar-refractivity contribution in [1.29, 1.82) is 0 Å². The number of carbonyl (C=O) groups is 1. The first kappa shape index (κ1) is 12.3. The number of phenolic OH excluding ortho intramolecular Hbond substituents is 1. The third kappa shape index (κ3) is 2.25. The molecule has 5 heteroatoms. The number of hydrogen-bond donors (Lipinski definition) is 2. The lowest BCUT2D eigenvalue weighted by atomic mass is 10.1. The minimum Gasteiger partial charge on any atom is -0.507 e. The Balaban J connectivity index is 2.14. The summed E-state index contributed by atoms with van der Waals surface area (Å²) >= 11 is 0. The Hall–Kier alpha value is -2.69. The molecule has 0 spiro atoms. The van der Waals surface area contributed by atoms with Crippen molar-refractivity contribution in [2.45, 2.75) is 6.42 Å². The van der Waals surface area contributed by atoms with Gasteiger partial charge in [-0.3, -0.25) is 4.79 Å².